The minimum absolute atomic E-state index is 0.0339. The van der Waals surface area contributed by atoms with E-state index in [4.69, 9.17) is 24.2 Å². The number of fused-ring (bicyclic) bond motifs is 2. The molecule has 282 valence electrons. The Labute approximate surface area is 310 Å². The van der Waals surface area contributed by atoms with Crippen molar-refractivity contribution in [2.24, 2.45) is 13.0 Å². The lowest BCUT2D eigenvalue weighted by Crippen LogP contribution is -2.40. The maximum Gasteiger partial charge on any atom is 0.337 e. The molecule has 2 saturated heterocycles. The molecule has 0 aliphatic carbocycles. The number of carbonyl (C=O) groups is 2. The lowest BCUT2D eigenvalue weighted by Gasteiger charge is -2.29. The molecule has 1 amide bonds. The van der Waals surface area contributed by atoms with Crippen molar-refractivity contribution < 1.29 is 33.3 Å². The van der Waals surface area contributed by atoms with E-state index in [1.165, 1.54) is 6.07 Å². The third kappa shape index (κ3) is 7.23. The Hall–Kier alpha value is -4.55. The summed E-state index contributed by atoms with van der Waals surface area (Å²) in [4.78, 5) is 40.3. The molecule has 11 nitrogen and oxygen atoms in total. The molecule has 0 spiro atoms. The van der Waals surface area contributed by atoms with Crippen molar-refractivity contribution in [3.8, 4) is 28.1 Å². The third-order valence-electron chi connectivity index (χ3n) is 10.8. The van der Waals surface area contributed by atoms with E-state index in [0.717, 1.165) is 67.0 Å². The van der Waals surface area contributed by atoms with Crippen molar-refractivity contribution in [1.29, 1.82) is 0 Å². The van der Waals surface area contributed by atoms with Crippen LogP contribution in [0.15, 0.2) is 30.5 Å². The van der Waals surface area contributed by atoms with Gasteiger partial charge in [0.15, 0.2) is 17.7 Å². The minimum Gasteiger partial charge on any atom is -0.490 e. The second kappa shape index (κ2) is 14.7. The summed E-state index contributed by atoms with van der Waals surface area (Å²) in [6.07, 6.45) is 4.27. The number of halogens is 1. The van der Waals surface area contributed by atoms with Crippen molar-refractivity contribution in [1.82, 2.24) is 19.4 Å². The Morgan fingerprint density at radius 2 is 1.81 bits per heavy atom. The monoisotopic (exact) mass is 727 g/mol. The molecule has 0 radical (unpaired) electrons. The van der Waals surface area contributed by atoms with Gasteiger partial charge in [-0.1, -0.05) is 0 Å². The van der Waals surface area contributed by atoms with Crippen LogP contribution >= 0.6 is 0 Å². The first-order valence-electron chi connectivity index (χ1n) is 18.8. The van der Waals surface area contributed by atoms with E-state index in [0.29, 0.717) is 72.7 Å². The number of amides is 1. The van der Waals surface area contributed by atoms with E-state index in [2.05, 4.69) is 11.0 Å². The van der Waals surface area contributed by atoms with Crippen LogP contribution in [0.3, 0.4) is 0 Å². The highest BCUT2D eigenvalue weighted by atomic mass is 19.1. The number of nitrogens with zero attached hydrogens (tertiary/aromatic N) is 5. The maximum absolute atomic E-state index is 15.9. The van der Waals surface area contributed by atoms with Gasteiger partial charge in [-0.25, -0.2) is 19.2 Å². The number of hydrogen-bond acceptors (Lipinski definition) is 8. The van der Waals surface area contributed by atoms with Crippen LogP contribution in [-0.4, -0.2) is 88.0 Å². The van der Waals surface area contributed by atoms with Crippen molar-refractivity contribution >= 4 is 28.7 Å². The van der Waals surface area contributed by atoms with Crippen LogP contribution in [0.25, 0.3) is 33.4 Å². The second-order valence-corrected chi connectivity index (χ2v) is 15.5. The molecule has 3 aromatic heterocycles. The number of pyridine rings is 2. The summed E-state index contributed by atoms with van der Waals surface area (Å²) in [6.45, 7) is 13.7. The molecular weight excluding hydrogens is 677 g/mol. The molecule has 1 unspecified atom stereocenters. The molecule has 1 aromatic carbocycles. The summed E-state index contributed by atoms with van der Waals surface area (Å²) in [5.74, 6) is -0.278. The van der Waals surface area contributed by atoms with Crippen LogP contribution in [0.5, 0.6) is 5.75 Å². The van der Waals surface area contributed by atoms with Gasteiger partial charge in [0.1, 0.15) is 11.5 Å². The Bertz CT molecular complexity index is 2050. The van der Waals surface area contributed by atoms with Gasteiger partial charge in [0.2, 0.25) is 5.91 Å². The summed E-state index contributed by atoms with van der Waals surface area (Å²) in [6, 6.07) is 7.50. The number of carboxylic acids is 1. The van der Waals surface area contributed by atoms with Crippen LogP contribution in [0, 0.1) is 25.6 Å². The fourth-order valence-corrected chi connectivity index (χ4v) is 8.17. The van der Waals surface area contributed by atoms with Crippen molar-refractivity contribution in [3.05, 3.63) is 58.7 Å². The first kappa shape index (κ1) is 36.8. The third-order valence-corrected chi connectivity index (χ3v) is 10.8. The smallest absolute Gasteiger partial charge is 0.337 e. The Morgan fingerprint density at radius 1 is 1.04 bits per heavy atom. The first-order chi connectivity index (χ1) is 25.3. The van der Waals surface area contributed by atoms with E-state index in [1.54, 1.807) is 13.1 Å². The SMILES string of the molecule is Cc1nc2c(cc(-c3ccnc(N4CCCN(C(=O)C5CCOCC5)CC4)c3)n2C)c(-c2cc(F)c3c(c2C)CCCO3)c1C(OC(C)(C)C)C(=O)O. The number of aliphatic carboxylic acids is 1. The van der Waals surface area contributed by atoms with E-state index < -0.39 is 23.5 Å². The Balaban J connectivity index is 1.32. The molecule has 12 heteroatoms. The number of carboxylic acid groups (broad SMARTS) is 1. The number of aryl methyl sites for hydroxylation is 2. The molecule has 0 saturated carbocycles. The molecule has 6 heterocycles. The zero-order valence-corrected chi connectivity index (χ0v) is 31.6. The highest BCUT2D eigenvalue weighted by Gasteiger charge is 2.35. The number of hydrogen-bond donors (Lipinski definition) is 1. The van der Waals surface area contributed by atoms with Crippen molar-refractivity contribution in [3.63, 3.8) is 0 Å². The number of rotatable bonds is 7. The summed E-state index contributed by atoms with van der Waals surface area (Å²) in [7, 11) is 1.94. The molecule has 3 aliphatic heterocycles. The maximum atomic E-state index is 15.9. The lowest BCUT2D eigenvalue weighted by atomic mass is 9.86. The minimum atomic E-state index is -1.35. The van der Waals surface area contributed by atoms with E-state index in [1.807, 2.05) is 56.3 Å². The van der Waals surface area contributed by atoms with Gasteiger partial charge in [-0.2, -0.15) is 0 Å². The summed E-state index contributed by atoms with van der Waals surface area (Å²) >= 11 is 0. The highest BCUT2D eigenvalue weighted by molar-refractivity contribution is 6.01. The van der Waals surface area contributed by atoms with Gasteiger partial charge in [0.25, 0.3) is 0 Å². The van der Waals surface area contributed by atoms with E-state index >= 15 is 4.39 Å². The van der Waals surface area contributed by atoms with Gasteiger partial charge in [-0.3, -0.25) is 4.79 Å². The van der Waals surface area contributed by atoms with Gasteiger partial charge in [-0.05, 0) is 102 Å². The van der Waals surface area contributed by atoms with Crippen LogP contribution in [0.1, 0.15) is 74.9 Å². The molecule has 1 N–H and O–H groups in total. The lowest BCUT2D eigenvalue weighted by molar-refractivity contribution is -0.160. The molecule has 3 aliphatic rings. The van der Waals surface area contributed by atoms with Crippen LogP contribution in [-0.2, 0) is 32.5 Å². The normalized spacial score (nSPS) is 17.7. The summed E-state index contributed by atoms with van der Waals surface area (Å²) in [5, 5.41) is 11.3. The largest absolute Gasteiger partial charge is 0.490 e. The number of anilines is 1. The highest BCUT2D eigenvalue weighted by Crippen LogP contribution is 2.45. The average molecular weight is 728 g/mol. The summed E-state index contributed by atoms with van der Waals surface area (Å²) in [5.41, 5.74) is 5.32. The predicted molar refractivity (Wildman–Crippen MR) is 201 cm³/mol. The van der Waals surface area contributed by atoms with Gasteiger partial charge in [0.05, 0.1) is 17.9 Å². The van der Waals surface area contributed by atoms with E-state index in [9.17, 15) is 14.7 Å². The number of carbonyl (C=O) groups excluding carboxylic acids is 1. The topological polar surface area (TPSA) is 119 Å². The molecule has 7 rings (SSSR count). The van der Waals surface area contributed by atoms with Gasteiger partial charge < -0.3 is 33.7 Å². The summed E-state index contributed by atoms with van der Waals surface area (Å²) < 4.78 is 35.4. The molecule has 1 atom stereocenters. The number of aromatic nitrogens is 3. The Morgan fingerprint density at radius 3 is 2.55 bits per heavy atom. The zero-order chi connectivity index (χ0) is 37.6. The molecule has 53 heavy (non-hydrogen) atoms. The first-order valence-corrected chi connectivity index (χ1v) is 18.8. The van der Waals surface area contributed by atoms with Crippen molar-refractivity contribution in [2.75, 3.05) is 50.9 Å². The van der Waals surface area contributed by atoms with Crippen LogP contribution in [0.2, 0.25) is 0 Å². The Kier molecular flexibility index (Phi) is 10.2. The zero-order valence-electron chi connectivity index (χ0n) is 31.6. The van der Waals surface area contributed by atoms with Crippen LogP contribution < -0.4 is 9.64 Å². The van der Waals surface area contributed by atoms with Crippen molar-refractivity contribution in [2.45, 2.75) is 78.4 Å². The fourth-order valence-electron chi connectivity index (χ4n) is 8.17. The predicted octanol–water partition coefficient (Wildman–Crippen LogP) is 6.79. The second-order valence-electron chi connectivity index (χ2n) is 15.5. The average Bonchev–Trinajstić information content (AvgIpc) is 3.29. The number of ether oxygens (including phenoxy) is 3. The molecule has 2 fully saturated rings. The molecule has 4 aromatic rings. The van der Waals surface area contributed by atoms with E-state index in [-0.39, 0.29) is 17.6 Å². The standard InChI is InChI=1S/C41H50FN5O6/c1-24-28-9-7-18-52-36(28)31(42)22-29(24)35-30-23-32(45(6)38(30)44-25(2)34(35)37(40(49)50)53-41(3,4)5)27-10-13-43-33(21-27)46-14-8-15-47(17-16-46)39(48)26-11-19-51-20-12-26/h10,13,21-23,26,37H,7-9,11-12,14-20H2,1-6H3,(H,49,50). The van der Waals surface area contributed by atoms with Crippen LogP contribution in [0.4, 0.5) is 10.2 Å². The number of benzene rings is 1. The van der Waals surface area contributed by atoms with Gasteiger partial charge in [-0.15, -0.1) is 0 Å². The molecular formula is C41H50FN5O6. The fraction of sp³-hybridized carbons (Fsp3) is 0.512. The molecule has 0 bridgehead atoms. The quantitative estimate of drug-likeness (QED) is 0.220. The van der Waals surface area contributed by atoms with Gasteiger partial charge >= 0.3 is 5.97 Å². The van der Waals surface area contributed by atoms with Gasteiger partial charge in [0, 0.05) is 91.9 Å².